The quantitative estimate of drug-likeness (QED) is 0.496. The third kappa shape index (κ3) is 2.98. The number of oxime groups is 1. The van der Waals surface area contributed by atoms with Gasteiger partial charge in [-0.15, -0.1) is 11.3 Å². The summed E-state index contributed by atoms with van der Waals surface area (Å²) in [6, 6.07) is 9.94. The van der Waals surface area contributed by atoms with Gasteiger partial charge in [0.05, 0.1) is 17.0 Å². The van der Waals surface area contributed by atoms with Crippen molar-refractivity contribution in [2.24, 2.45) is 10.9 Å². The zero-order valence-corrected chi connectivity index (χ0v) is 13.0. The SMILES string of the molecule is N[C@H](Cc1ccccc1)C(=O)N[C@@H]1c2ccsc2/C(=N/O)[C@@H]1O. The summed E-state index contributed by atoms with van der Waals surface area (Å²) < 4.78 is 0. The Labute approximate surface area is 137 Å². The fourth-order valence-electron chi connectivity index (χ4n) is 2.72. The van der Waals surface area contributed by atoms with Crippen molar-refractivity contribution < 1.29 is 15.1 Å². The molecule has 1 aliphatic rings. The molecule has 1 aromatic carbocycles. The minimum atomic E-state index is -1.07. The Morgan fingerprint density at radius 1 is 1.35 bits per heavy atom. The number of thiophene rings is 1. The summed E-state index contributed by atoms with van der Waals surface area (Å²) in [6.45, 7) is 0. The van der Waals surface area contributed by atoms with Gasteiger partial charge in [0.2, 0.25) is 5.91 Å². The highest BCUT2D eigenvalue weighted by Gasteiger charge is 2.39. The van der Waals surface area contributed by atoms with Crippen molar-refractivity contribution in [3.05, 3.63) is 57.8 Å². The van der Waals surface area contributed by atoms with Crippen LogP contribution in [0, 0.1) is 0 Å². The average molecular weight is 331 g/mol. The molecule has 0 saturated carbocycles. The Morgan fingerprint density at radius 2 is 2.09 bits per heavy atom. The summed E-state index contributed by atoms with van der Waals surface area (Å²) in [5, 5.41) is 27.0. The molecule has 0 radical (unpaired) electrons. The third-order valence-corrected chi connectivity index (χ3v) is 4.85. The highest BCUT2D eigenvalue weighted by atomic mass is 32.1. The predicted molar refractivity (Wildman–Crippen MR) is 87.7 cm³/mol. The summed E-state index contributed by atoms with van der Waals surface area (Å²) in [7, 11) is 0. The minimum absolute atomic E-state index is 0.178. The van der Waals surface area contributed by atoms with Crippen LogP contribution in [-0.2, 0) is 11.2 Å². The average Bonchev–Trinajstić information content (AvgIpc) is 3.11. The summed E-state index contributed by atoms with van der Waals surface area (Å²) in [5.74, 6) is -0.353. The van der Waals surface area contributed by atoms with Gasteiger partial charge in [-0.2, -0.15) is 0 Å². The highest BCUT2D eigenvalue weighted by molar-refractivity contribution is 7.12. The van der Waals surface area contributed by atoms with Gasteiger partial charge in [-0.05, 0) is 29.0 Å². The first kappa shape index (κ1) is 15.7. The first-order valence-corrected chi connectivity index (χ1v) is 8.07. The standard InChI is InChI=1S/C16H17N3O3S/c17-11(8-9-4-2-1-3-5-9)16(21)18-12-10-6-7-23-15(10)13(19-22)14(12)20/h1-7,11-12,14,20,22H,8,17H2,(H,18,21)/b19-13+/t11-,12-,14-/m1/s1. The molecule has 0 bridgehead atoms. The van der Waals surface area contributed by atoms with Crippen molar-refractivity contribution in [3.63, 3.8) is 0 Å². The van der Waals surface area contributed by atoms with Gasteiger partial charge in [0, 0.05) is 0 Å². The van der Waals surface area contributed by atoms with Gasteiger partial charge < -0.3 is 21.4 Å². The van der Waals surface area contributed by atoms with Crippen LogP contribution < -0.4 is 11.1 Å². The molecule has 1 aliphatic carbocycles. The van der Waals surface area contributed by atoms with Gasteiger partial charge in [0.1, 0.15) is 11.8 Å². The molecule has 120 valence electrons. The molecular weight excluding hydrogens is 314 g/mol. The van der Waals surface area contributed by atoms with E-state index in [1.54, 1.807) is 6.07 Å². The number of nitrogens with two attached hydrogens (primary N) is 1. The van der Waals surface area contributed by atoms with E-state index in [-0.39, 0.29) is 11.6 Å². The predicted octanol–water partition coefficient (Wildman–Crippen LogP) is 1.03. The molecule has 3 rings (SSSR count). The first-order valence-electron chi connectivity index (χ1n) is 7.19. The number of aliphatic hydroxyl groups excluding tert-OH is 1. The molecule has 5 N–H and O–H groups in total. The van der Waals surface area contributed by atoms with Crippen molar-refractivity contribution in [2.75, 3.05) is 0 Å². The minimum Gasteiger partial charge on any atom is -0.411 e. The molecule has 2 aromatic rings. The molecule has 0 spiro atoms. The maximum Gasteiger partial charge on any atom is 0.237 e. The van der Waals surface area contributed by atoms with Gasteiger partial charge in [-0.25, -0.2) is 0 Å². The number of hydrogen-bond donors (Lipinski definition) is 4. The van der Waals surface area contributed by atoms with E-state index < -0.39 is 18.2 Å². The number of hydrogen-bond acceptors (Lipinski definition) is 6. The van der Waals surface area contributed by atoms with Crippen LogP contribution in [0.4, 0.5) is 0 Å². The Kier molecular flexibility index (Phi) is 4.42. The molecule has 1 heterocycles. The molecule has 0 fully saturated rings. The van der Waals surface area contributed by atoms with Gasteiger partial charge in [-0.3, -0.25) is 4.79 Å². The summed E-state index contributed by atoms with van der Waals surface area (Å²) in [5.41, 5.74) is 7.86. The lowest BCUT2D eigenvalue weighted by Gasteiger charge is -2.20. The molecule has 6 nitrogen and oxygen atoms in total. The highest BCUT2D eigenvalue weighted by Crippen LogP contribution is 2.35. The molecule has 23 heavy (non-hydrogen) atoms. The zero-order chi connectivity index (χ0) is 16.4. The lowest BCUT2D eigenvalue weighted by molar-refractivity contribution is -0.123. The molecular formula is C16H17N3O3S. The number of amides is 1. The summed E-state index contributed by atoms with van der Waals surface area (Å²) in [4.78, 5) is 13.0. The van der Waals surface area contributed by atoms with Crippen LogP contribution in [0.3, 0.4) is 0 Å². The monoisotopic (exact) mass is 331 g/mol. The maximum absolute atomic E-state index is 12.3. The van der Waals surface area contributed by atoms with E-state index in [4.69, 9.17) is 10.9 Å². The van der Waals surface area contributed by atoms with E-state index in [0.29, 0.717) is 11.3 Å². The number of carbonyl (C=O) groups is 1. The molecule has 3 atom stereocenters. The van der Waals surface area contributed by atoms with Crippen LogP contribution in [0.2, 0.25) is 0 Å². The van der Waals surface area contributed by atoms with Gasteiger partial charge in [0.15, 0.2) is 0 Å². The van der Waals surface area contributed by atoms with Crippen molar-refractivity contribution in [2.45, 2.75) is 24.6 Å². The van der Waals surface area contributed by atoms with Crippen LogP contribution in [0.5, 0.6) is 0 Å². The summed E-state index contributed by atoms with van der Waals surface area (Å²) >= 11 is 1.36. The lowest BCUT2D eigenvalue weighted by Crippen LogP contribution is -2.46. The van der Waals surface area contributed by atoms with Crippen molar-refractivity contribution in [1.82, 2.24) is 5.32 Å². The molecule has 0 unspecified atom stereocenters. The Bertz CT molecular complexity index is 729. The van der Waals surface area contributed by atoms with Crippen LogP contribution in [0.15, 0.2) is 46.9 Å². The molecule has 7 heteroatoms. The zero-order valence-electron chi connectivity index (χ0n) is 12.2. The third-order valence-electron chi connectivity index (χ3n) is 3.90. The Morgan fingerprint density at radius 3 is 2.78 bits per heavy atom. The van der Waals surface area contributed by atoms with Crippen LogP contribution in [0.25, 0.3) is 0 Å². The smallest absolute Gasteiger partial charge is 0.237 e. The van der Waals surface area contributed by atoms with Crippen molar-refractivity contribution in [3.8, 4) is 0 Å². The molecule has 0 saturated heterocycles. The van der Waals surface area contributed by atoms with Crippen molar-refractivity contribution >= 4 is 23.0 Å². The Balaban J connectivity index is 1.71. The number of benzene rings is 1. The van der Waals surface area contributed by atoms with Gasteiger partial charge in [-0.1, -0.05) is 35.5 Å². The van der Waals surface area contributed by atoms with E-state index >= 15 is 0 Å². The van der Waals surface area contributed by atoms with E-state index in [0.717, 1.165) is 11.1 Å². The number of fused-ring (bicyclic) bond motifs is 1. The first-order chi connectivity index (χ1) is 11.1. The van der Waals surface area contributed by atoms with E-state index in [1.165, 1.54) is 11.3 Å². The summed E-state index contributed by atoms with van der Waals surface area (Å²) in [6.07, 6.45) is -0.664. The fraction of sp³-hybridized carbons (Fsp3) is 0.250. The number of rotatable bonds is 4. The van der Waals surface area contributed by atoms with Crippen molar-refractivity contribution in [1.29, 1.82) is 0 Å². The number of nitrogens with zero attached hydrogens (tertiary/aromatic N) is 1. The number of carbonyl (C=O) groups excluding carboxylic acids is 1. The second-order valence-corrected chi connectivity index (χ2v) is 6.33. The molecule has 1 amide bonds. The molecule has 0 aliphatic heterocycles. The van der Waals surface area contributed by atoms with E-state index in [1.807, 2.05) is 35.7 Å². The second kappa shape index (κ2) is 6.49. The number of aliphatic hydroxyl groups is 1. The topological polar surface area (TPSA) is 108 Å². The normalized spacial score (nSPS) is 22.8. The largest absolute Gasteiger partial charge is 0.411 e. The fourth-order valence-corrected chi connectivity index (χ4v) is 3.68. The van der Waals surface area contributed by atoms with Crippen LogP contribution >= 0.6 is 11.3 Å². The Hall–Kier alpha value is -2.22. The van der Waals surface area contributed by atoms with Crippen LogP contribution in [0.1, 0.15) is 22.0 Å². The van der Waals surface area contributed by atoms with Gasteiger partial charge >= 0.3 is 0 Å². The van der Waals surface area contributed by atoms with E-state index in [9.17, 15) is 9.90 Å². The number of nitrogens with one attached hydrogen (secondary N) is 1. The molecule has 1 aromatic heterocycles. The van der Waals surface area contributed by atoms with Crippen LogP contribution in [-0.4, -0.2) is 34.1 Å². The maximum atomic E-state index is 12.3. The van der Waals surface area contributed by atoms with E-state index in [2.05, 4.69) is 10.5 Å². The van der Waals surface area contributed by atoms with Gasteiger partial charge in [0.25, 0.3) is 0 Å². The second-order valence-electron chi connectivity index (χ2n) is 5.42. The lowest BCUT2D eigenvalue weighted by atomic mass is 10.0.